The molecular weight excluding hydrogens is 230 g/mol. The van der Waals surface area contributed by atoms with Gasteiger partial charge in [0, 0.05) is 4.88 Å². The van der Waals surface area contributed by atoms with Crippen molar-refractivity contribution in [2.75, 3.05) is 19.6 Å². The zero-order valence-electron chi connectivity index (χ0n) is 11.1. The number of aliphatic hydroxyl groups is 1. The summed E-state index contributed by atoms with van der Waals surface area (Å²) in [4.78, 5) is 3.60. The smallest absolute Gasteiger partial charge is 0.0882 e. The van der Waals surface area contributed by atoms with Crippen molar-refractivity contribution < 1.29 is 5.11 Å². The van der Waals surface area contributed by atoms with Crippen molar-refractivity contribution in [3.63, 3.8) is 0 Å². The van der Waals surface area contributed by atoms with Gasteiger partial charge in [0.25, 0.3) is 0 Å². The molecule has 1 N–H and O–H groups in total. The van der Waals surface area contributed by atoms with E-state index in [2.05, 4.69) is 18.7 Å². The molecule has 0 aliphatic carbocycles. The first kappa shape index (κ1) is 14.7. The first-order valence-corrected chi connectivity index (χ1v) is 7.59. The number of aliphatic hydroxyl groups excluding tert-OH is 1. The van der Waals surface area contributed by atoms with Gasteiger partial charge in [-0.25, -0.2) is 0 Å². The summed E-state index contributed by atoms with van der Waals surface area (Å²) in [5.74, 6) is 0. The Kier molecular flexibility index (Phi) is 7.49. The van der Waals surface area contributed by atoms with Crippen LogP contribution in [0, 0.1) is 0 Å². The molecule has 1 heterocycles. The van der Waals surface area contributed by atoms with Gasteiger partial charge in [-0.3, -0.25) is 0 Å². The fraction of sp³-hybridized carbons (Fsp3) is 0.714. The lowest BCUT2D eigenvalue weighted by atomic mass is 10.1. The largest absolute Gasteiger partial charge is 0.388 e. The van der Waals surface area contributed by atoms with Crippen LogP contribution in [0.15, 0.2) is 17.5 Å². The molecule has 0 bridgehead atoms. The molecule has 1 rings (SSSR count). The van der Waals surface area contributed by atoms with Crippen LogP contribution in [0.25, 0.3) is 0 Å². The third kappa shape index (κ3) is 5.66. The highest BCUT2D eigenvalue weighted by Crippen LogP contribution is 2.22. The molecule has 1 aromatic rings. The maximum atomic E-state index is 9.97. The van der Waals surface area contributed by atoms with Gasteiger partial charge in [0.1, 0.15) is 0 Å². The quantitative estimate of drug-likeness (QED) is 0.727. The summed E-state index contributed by atoms with van der Waals surface area (Å²) in [5.41, 5.74) is 0. The van der Waals surface area contributed by atoms with Crippen LogP contribution in [0.4, 0.5) is 0 Å². The molecule has 0 saturated heterocycles. The average Bonchev–Trinajstić information content (AvgIpc) is 2.83. The average molecular weight is 255 g/mol. The molecule has 0 aliphatic heterocycles. The highest BCUT2D eigenvalue weighted by molar-refractivity contribution is 7.10. The van der Waals surface area contributed by atoms with E-state index >= 15 is 0 Å². The molecule has 3 heteroatoms. The van der Waals surface area contributed by atoms with Gasteiger partial charge in [0.15, 0.2) is 0 Å². The maximum Gasteiger partial charge on any atom is 0.0882 e. The number of rotatable bonds is 9. The Morgan fingerprint density at radius 1 is 1.24 bits per heavy atom. The van der Waals surface area contributed by atoms with Crippen LogP contribution in [-0.4, -0.2) is 29.6 Å². The molecular formula is C14H25NOS. The Balaban J connectivity index is 2.21. The Morgan fingerprint density at radius 3 is 2.47 bits per heavy atom. The van der Waals surface area contributed by atoms with E-state index in [9.17, 15) is 5.11 Å². The van der Waals surface area contributed by atoms with Crippen LogP contribution in [0.3, 0.4) is 0 Å². The van der Waals surface area contributed by atoms with Gasteiger partial charge in [-0.05, 0) is 56.8 Å². The van der Waals surface area contributed by atoms with E-state index in [1.54, 1.807) is 11.3 Å². The van der Waals surface area contributed by atoms with Crippen molar-refractivity contribution in [3.05, 3.63) is 22.4 Å². The monoisotopic (exact) mass is 255 g/mol. The lowest BCUT2D eigenvalue weighted by Crippen LogP contribution is -2.26. The van der Waals surface area contributed by atoms with Crippen molar-refractivity contribution in [1.29, 1.82) is 0 Å². The van der Waals surface area contributed by atoms with Crippen LogP contribution >= 0.6 is 11.3 Å². The van der Waals surface area contributed by atoms with E-state index in [1.165, 1.54) is 25.9 Å². The summed E-state index contributed by atoms with van der Waals surface area (Å²) in [6.07, 6.45) is 4.13. The molecule has 98 valence electrons. The van der Waals surface area contributed by atoms with Gasteiger partial charge in [-0.1, -0.05) is 19.9 Å². The standard InChI is InChI=1S/C14H25NOS/c1-3-9-15(10-4-2)11-5-7-13(16)14-8-6-12-17-14/h6,8,12-13,16H,3-5,7,9-11H2,1-2H3/t13-/m0/s1. The van der Waals surface area contributed by atoms with E-state index in [0.29, 0.717) is 0 Å². The van der Waals surface area contributed by atoms with Crippen molar-refractivity contribution >= 4 is 11.3 Å². The highest BCUT2D eigenvalue weighted by Gasteiger charge is 2.09. The number of hydrogen-bond acceptors (Lipinski definition) is 3. The molecule has 0 saturated carbocycles. The summed E-state index contributed by atoms with van der Waals surface area (Å²) in [5, 5.41) is 12.0. The van der Waals surface area contributed by atoms with Gasteiger partial charge in [0.05, 0.1) is 6.10 Å². The SMILES string of the molecule is CCCN(CCC)CCC[C@H](O)c1cccs1. The Labute approximate surface area is 109 Å². The molecule has 0 aliphatic rings. The van der Waals surface area contributed by atoms with Crippen molar-refractivity contribution in [2.45, 2.75) is 45.6 Å². The number of nitrogens with zero attached hydrogens (tertiary/aromatic N) is 1. The molecule has 0 unspecified atom stereocenters. The number of hydrogen-bond donors (Lipinski definition) is 1. The maximum absolute atomic E-state index is 9.97. The predicted molar refractivity (Wildman–Crippen MR) is 75.5 cm³/mol. The molecule has 0 spiro atoms. The van der Waals surface area contributed by atoms with E-state index in [4.69, 9.17) is 0 Å². The normalized spacial score (nSPS) is 13.2. The van der Waals surface area contributed by atoms with Crippen LogP contribution in [0.5, 0.6) is 0 Å². The zero-order valence-corrected chi connectivity index (χ0v) is 11.9. The minimum absolute atomic E-state index is 0.264. The third-order valence-electron chi connectivity index (χ3n) is 2.90. The lowest BCUT2D eigenvalue weighted by Gasteiger charge is -2.21. The van der Waals surface area contributed by atoms with Gasteiger partial charge in [0.2, 0.25) is 0 Å². The predicted octanol–water partition coefficient (Wildman–Crippen LogP) is 3.68. The van der Waals surface area contributed by atoms with Crippen LogP contribution in [-0.2, 0) is 0 Å². The van der Waals surface area contributed by atoms with Gasteiger partial charge in [-0.2, -0.15) is 0 Å². The molecule has 0 aromatic carbocycles. The molecule has 0 amide bonds. The van der Waals surface area contributed by atoms with Crippen LogP contribution in [0.2, 0.25) is 0 Å². The zero-order chi connectivity index (χ0) is 12.5. The van der Waals surface area contributed by atoms with Crippen LogP contribution < -0.4 is 0 Å². The minimum Gasteiger partial charge on any atom is -0.388 e. The van der Waals surface area contributed by atoms with E-state index in [1.807, 2.05) is 17.5 Å². The number of thiophene rings is 1. The van der Waals surface area contributed by atoms with Gasteiger partial charge in [-0.15, -0.1) is 11.3 Å². The summed E-state index contributed by atoms with van der Waals surface area (Å²) in [6.45, 7) is 7.93. The minimum atomic E-state index is -0.264. The van der Waals surface area contributed by atoms with Gasteiger partial charge < -0.3 is 10.0 Å². The summed E-state index contributed by atoms with van der Waals surface area (Å²) >= 11 is 1.65. The Morgan fingerprint density at radius 2 is 1.94 bits per heavy atom. The molecule has 0 radical (unpaired) electrons. The fourth-order valence-corrected chi connectivity index (χ4v) is 2.85. The Bertz CT molecular complexity index is 268. The van der Waals surface area contributed by atoms with Crippen molar-refractivity contribution in [2.24, 2.45) is 0 Å². The second-order valence-electron chi connectivity index (χ2n) is 4.52. The third-order valence-corrected chi connectivity index (χ3v) is 3.88. The van der Waals surface area contributed by atoms with E-state index in [-0.39, 0.29) is 6.10 Å². The molecule has 1 atom stereocenters. The summed E-state index contributed by atoms with van der Waals surface area (Å²) in [7, 11) is 0. The molecule has 0 fully saturated rings. The molecule has 1 aromatic heterocycles. The fourth-order valence-electron chi connectivity index (χ4n) is 2.10. The topological polar surface area (TPSA) is 23.5 Å². The lowest BCUT2D eigenvalue weighted by molar-refractivity contribution is 0.158. The van der Waals surface area contributed by atoms with E-state index < -0.39 is 0 Å². The first-order chi connectivity index (χ1) is 8.27. The van der Waals surface area contributed by atoms with E-state index in [0.717, 1.165) is 24.3 Å². The molecule has 17 heavy (non-hydrogen) atoms. The molecule has 2 nitrogen and oxygen atoms in total. The summed E-state index contributed by atoms with van der Waals surface area (Å²) in [6, 6.07) is 4.02. The van der Waals surface area contributed by atoms with Gasteiger partial charge >= 0.3 is 0 Å². The van der Waals surface area contributed by atoms with Crippen LogP contribution in [0.1, 0.15) is 50.5 Å². The second kappa shape index (κ2) is 8.67. The van der Waals surface area contributed by atoms with Crippen molar-refractivity contribution in [3.8, 4) is 0 Å². The Hall–Kier alpha value is -0.380. The first-order valence-electron chi connectivity index (χ1n) is 6.71. The highest BCUT2D eigenvalue weighted by atomic mass is 32.1. The van der Waals surface area contributed by atoms with Crippen molar-refractivity contribution in [1.82, 2.24) is 4.90 Å². The second-order valence-corrected chi connectivity index (χ2v) is 5.49. The summed E-state index contributed by atoms with van der Waals surface area (Å²) < 4.78 is 0.